The Morgan fingerprint density at radius 2 is 1.19 bits per heavy atom. The number of aromatic nitrogens is 3. The van der Waals surface area contributed by atoms with Gasteiger partial charge >= 0.3 is 0 Å². The first-order valence-corrected chi connectivity index (χ1v) is 18.6. The zero-order valence-electron chi connectivity index (χ0n) is 28.2. The highest BCUT2D eigenvalue weighted by Gasteiger charge is 2.24. The van der Waals surface area contributed by atoms with Gasteiger partial charge in [0.15, 0.2) is 11.4 Å². The molecule has 0 fully saturated rings. The Kier molecular flexibility index (Phi) is 5.90. The third kappa shape index (κ3) is 4.11. The van der Waals surface area contributed by atoms with Crippen LogP contribution in [0.5, 0.6) is 0 Å². The molecule has 0 aliphatic rings. The predicted molar refractivity (Wildman–Crippen MR) is 222 cm³/mol. The number of benzene rings is 8. The zero-order chi connectivity index (χ0) is 34.6. The molecule has 0 aliphatic carbocycles. The van der Waals surface area contributed by atoms with Crippen LogP contribution in [0.2, 0.25) is 0 Å². The largest absolute Gasteiger partial charge is 0.453 e. The maximum atomic E-state index is 7.21. The lowest BCUT2D eigenvalue weighted by molar-refractivity contribution is 0.667. The summed E-state index contributed by atoms with van der Waals surface area (Å²) in [6.45, 7) is 0. The van der Waals surface area contributed by atoms with E-state index in [0.717, 1.165) is 81.9 Å². The van der Waals surface area contributed by atoms with Crippen molar-refractivity contribution in [3.63, 3.8) is 0 Å². The van der Waals surface area contributed by atoms with Crippen molar-refractivity contribution in [3.05, 3.63) is 164 Å². The van der Waals surface area contributed by atoms with E-state index in [9.17, 15) is 0 Å². The van der Waals surface area contributed by atoms with Gasteiger partial charge in [0.25, 0.3) is 0 Å². The number of thiophene rings is 1. The maximum Gasteiger partial charge on any atom is 0.164 e. The molecule has 12 rings (SSSR count). The zero-order valence-corrected chi connectivity index (χ0v) is 29.1. The lowest BCUT2D eigenvalue weighted by Gasteiger charge is -2.09. The van der Waals surface area contributed by atoms with E-state index >= 15 is 0 Å². The second-order valence-electron chi connectivity index (χ2n) is 13.7. The molecule has 12 aromatic rings. The predicted octanol–water partition coefficient (Wildman–Crippen LogP) is 13.5. The average molecular weight is 694 g/mol. The molecule has 0 amide bonds. The highest BCUT2D eigenvalue weighted by molar-refractivity contribution is 7.26. The fourth-order valence-electron chi connectivity index (χ4n) is 8.39. The molecule has 4 aromatic heterocycles. The van der Waals surface area contributed by atoms with Crippen molar-refractivity contribution in [2.24, 2.45) is 0 Å². The number of nitrogens with zero attached hydrogens (tertiary/aromatic N) is 3. The molecule has 0 atom stereocenters. The number of rotatable bonds is 3. The first-order chi connectivity index (χ1) is 26.3. The van der Waals surface area contributed by atoms with Crippen molar-refractivity contribution in [3.8, 4) is 28.3 Å². The van der Waals surface area contributed by atoms with Gasteiger partial charge in [-0.3, -0.25) is 0 Å². The van der Waals surface area contributed by atoms with Gasteiger partial charge in [-0.2, -0.15) is 0 Å². The molecule has 246 valence electrons. The maximum absolute atomic E-state index is 7.21. The van der Waals surface area contributed by atoms with Crippen LogP contribution in [-0.4, -0.2) is 14.5 Å². The molecule has 0 N–H and O–H groups in total. The van der Waals surface area contributed by atoms with Crippen LogP contribution in [-0.2, 0) is 0 Å². The molecule has 0 unspecified atom stereocenters. The first-order valence-electron chi connectivity index (χ1n) is 17.8. The highest BCUT2D eigenvalue weighted by Crippen LogP contribution is 2.45. The van der Waals surface area contributed by atoms with Gasteiger partial charge in [-0.15, -0.1) is 11.3 Å². The van der Waals surface area contributed by atoms with Crippen LogP contribution in [0.25, 0.3) is 114 Å². The summed E-state index contributed by atoms with van der Waals surface area (Å²) in [5.41, 5.74) is 8.75. The first kappa shape index (κ1) is 28.8. The minimum atomic E-state index is 0.652. The summed E-state index contributed by atoms with van der Waals surface area (Å²) in [6, 6.07) is 58.2. The van der Waals surface area contributed by atoms with E-state index in [1.54, 1.807) is 11.3 Å². The minimum absolute atomic E-state index is 0.652. The SMILES string of the molecule is c1ccc(-c2nc(-c3cc4ccccc4c4c3oc3c(-n5c6ccccc6c6cc7ccccc7cc65)cccc34)nc3c2sc2ccccc23)cc1. The normalized spacial score (nSPS) is 12.2. The van der Waals surface area contributed by atoms with Gasteiger partial charge in [0.1, 0.15) is 5.58 Å². The smallest absolute Gasteiger partial charge is 0.164 e. The van der Waals surface area contributed by atoms with Crippen molar-refractivity contribution < 1.29 is 4.42 Å². The van der Waals surface area contributed by atoms with Gasteiger partial charge in [0.2, 0.25) is 0 Å². The summed E-state index contributed by atoms with van der Waals surface area (Å²) >= 11 is 1.75. The molecule has 0 saturated heterocycles. The van der Waals surface area contributed by atoms with E-state index in [2.05, 4.69) is 162 Å². The van der Waals surface area contributed by atoms with Gasteiger partial charge in [0.05, 0.1) is 38.2 Å². The van der Waals surface area contributed by atoms with Gasteiger partial charge < -0.3 is 8.98 Å². The topological polar surface area (TPSA) is 43.9 Å². The molecule has 4 nitrogen and oxygen atoms in total. The van der Waals surface area contributed by atoms with E-state index in [1.165, 1.54) is 26.2 Å². The lowest BCUT2D eigenvalue weighted by Crippen LogP contribution is -1.94. The van der Waals surface area contributed by atoms with Crippen molar-refractivity contribution in [2.75, 3.05) is 0 Å². The number of hydrogen-bond donors (Lipinski definition) is 0. The quantitative estimate of drug-likeness (QED) is 0.185. The minimum Gasteiger partial charge on any atom is -0.453 e. The summed E-state index contributed by atoms with van der Waals surface area (Å²) in [4.78, 5) is 10.7. The molecule has 5 heteroatoms. The van der Waals surface area contributed by atoms with Crippen LogP contribution < -0.4 is 0 Å². The van der Waals surface area contributed by atoms with E-state index in [4.69, 9.17) is 14.4 Å². The molecule has 0 saturated carbocycles. The van der Waals surface area contributed by atoms with Crippen molar-refractivity contribution in [2.45, 2.75) is 0 Å². The monoisotopic (exact) mass is 693 g/mol. The van der Waals surface area contributed by atoms with Crippen LogP contribution in [0.15, 0.2) is 168 Å². The Morgan fingerprint density at radius 3 is 2.06 bits per heavy atom. The Bertz CT molecular complexity index is 3460. The number of fused-ring (bicyclic) bond motifs is 12. The molecular formula is C48H27N3OS. The van der Waals surface area contributed by atoms with Crippen LogP contribution in [0.3, 0.4) is 0 Å². The molecule has 0 aliphatic heterocycles. The molecule has 8 aromatic carbocycles. The fraction of sp³-hybridized carbons (Fsp3) is 0. The molecule has 0 bridgehead atoms. The van der Waals surface area contributed by atoms with Crippen LogP contribution >= 0.6 is 11.3 Å². The molecular weight excluding hydrogens is 667 g/mol. The van der Waals surface area contributed by atoms with Crippen LogP contribution in [0.4, 0.5) is 0 Å². The van der Waals surface area contributed by atoms with E-state index in [0.29, 0.717) is 5.82 Å². The Labute approximate surface area is 306 Å². The third-order valence-electron chi connectivity index (χ3n) is 10.8. The standard InChI is InChI=1S/C48H27N3OS/c1-2-13-28(14-3-1)43-47-44(34-20-9-11-24-41(34)53-47)50-48(49-43)37-26-31-17-6-7-18-32(31)42-35-21-12-23-39(45(35)52-46(37)42)51-38-22-10-8-19-33(38)36-25-29-15-4-5-16-30(29)27-40(36)51/h1-27H. The van der Waals surface area contributed by atoms with E-state index in [1.807, 2.05) is 6.07 Å². The highest BCUT2D eigenvalue weighted by atomic mass is 32.1. The number of para-hydroxylation sites is 2. The van der Waals surface area contributed by atoms with Gasteiger partial charge in [0, 0.05) is 37.2 Å². The van der Waals surface area contributed by atoms with Crippen LogP contribution in [0.1, 0.15) is 0 Å². The van der Waals surface area contributed by atoms with Crippen molar-refractivity contribution >= 4 is 96.9 Å². The molecule has 0 spiro atoms. The second-order valence-corrected chi connectivity index (χ2v) is 14.8. The Balaban J connectivity index is 1.21. The summed E-state index contributed by atoms with van der Waals surface area (Å²) in [5, 5.41) is 10.4. The van der Waals surface area contributed by atoms with Gasteiger partial charge in [-0.25, -0.2) is 9.97 Å². The van der Waals surface area contributed by atoms with E-state index < -0.39 is 0 Å². The second kappa shape index (κ2) is 10.8. The lowest BCUT2D eigenvalue weighted by atomic mass is 9.99. The fourth-order valence-corrected chi connectivity index (χ4v) is 9.55. The molecule has 4 heterocycles. The van der Waals surface area contributed by atoms with Crippen molar-refractivity contribution in [1.82, 2.24) is 14.5 Å². The molecule has 53 heavy (non-hydrogen) atoms. The number of furan rings is 1. The summed E-state index contributed by atoms with van der Waals surface area (Å²) < 4.78 is 11.9. The van der Waals surface area contributed by atoms with E-state index in [-0.39, 0.29) is 0 Å². The summed E-state index contributed by atoms with van der Waals surface area (Å²) in [5.74, 6) is 0.652. The van der Waals surface area contributed by atoms with Crippen molar-refractivity contribution in [1.29, 1.82) is 0 Å². The summed E-state index contributed by atoms with van der Waals surface area (Å²) in [6.07, 6.45) is 0. The average Bonchev–Trinajstić information content (AvgIpc) is 3.90. The summed E-state index contributed by atoms with van der Waals surface area (Å²) in [7, 11) is 0. The third-order valence-corrected chi connectivity index (χ3v) is 11.9. The van der Waals surface area contributed by atoms with Gasteiger partial charge in [-0.05, 0) is 57.9 Å². The number of hydrogen-bond acceptors (Lipinski definition) is 4. The van der Waals surface area contributed by atoms with Gasteiger partial charge in [-0.1, -0.05) is 127 Å². The Hall–Kier alpha value is -6.82. The molecule has 0 radical (unpaired) electrons. The van der Waals surface area contributed by atoms with Crippen LogP contribution in [0, 0.1) is 0 Å². The Morgan fingerprint density at radius 1 is 0.491 bits per heavy atom.